The maximum atomic E-state index is 13.6. The molecular weight excluding hydrogens is 596 g/mol. The first-order valence-corrected chi connectivity index (χ1v) is 13.6. The summed E-state index contributed by atoms with van der Waals surface area (Å²) in [7, 11) is 1.60. The summed E-state index contributed by atoms with van der Waals surface area (Å²) in [4.78, 5) is 9.21. The number of aryl methyl sites for hydroxylation is 2. The topological polar surface area (TPSA) is 62.3 Å². The van der Waals surface area contributed by atoms with Crippen LogP contribution in [0.4, 0.5) is 26.3 Å². The van der Waals surface area contributed by atoms with Gasteiger partial charge in [0.25, 0.3) is 0 Å². The van der Waals surface area contributed by atoms with Gasteiger partial charge in [-0.3, -0.25) is 0 Å². The van der Waals surface area contributed by atoms with E-state index in [0.29, 0.717) is 22.8 Å². The van der Waals surface area contributed by atoms with Crippen molar-refractivity contribution in [3.63, 3.8) is 0 Å². The van der Waals surface area contributed by atoms with Crippen molar-refractivity contribution in [1.29, 1.82) is 0 Å². The van der Waals surface area contributed by atoms with Crippen LogP contribution < -0.4 is 4.74 Å². The Bertz CT molecular complexity index is 1740. The third-order valence-corrected chi connectivity index (χ3v) is 7.22. The number of ether oxygens (including phenoxy) is 2. The molecule has 3 aromatic carbocycles. The fourth-order valence-electron chi connectivity index (χ4n) is 4.47. The average Bonchev–Trinajstić information content (AvgIpc) is 3.54. The second-order valence-electron chi connectivity index (χ2n) is 9.33. The number of nitrogens with zero attached hydrogens (tertiary/aromatic N) is 3. The van der Waals surface area contributed by atoms with Gasteiger partial charge in [0.1, 0.15) is 17.3 Å². The average molecular weight is 620 g/mol. The molecule has 0 aliphatic heterocycles. The molecule has 0 amide bonds. The highest BCUT2D eigenvalue weighted by Crippen LogP contribution is 2.40. The Morgan fingerprint density at radius 1 is 0.860 bits per heavy atom. The van der Waals surface area contributed by atoms with Gasteiger partial charge in [-0.05, 0) is 66.6 Å². The Kier molecular flexibility index (Phi) is 8.30. The third kappa shape index (κ3) is 6.89. The molecule has 2 heterocycles. The standard InChI is InChI=1S/C30H23F6N3O3S/c1-17-37-26(29(31,32)33)15-39(17)25-12-9-21(20-5-4-6-23(13-20)43-16-40-3)14-24(25)27-28(41-18(2)38-27)19-7-10-22(11-8-19)42-30(34,35)36/h4-15H,16H2,1-3H3. The minimum Gasteiger partial charge on any atom is -0.440 e. The van der Waals surface area contributed by atoms with Gasteiger partial charge in [-0.2, -0.15) is 13.2 Å². The van der Waals surface area contributed by atoms with E-state index in [1.807, 2.05) is 24.3 Å². The van der Waals surface area contributed by atoms with Gasteiger partial charge in [0.2, 0.25) is 0 Å². The summed E-state index contributed by atoms with van der Waals surface area (Å²) >= 11 is 1.50. The predicted octanol–water partition coefficient (Wildman–Crippen LogP) is 9.09. The van der Waals surface area contributed by atoms with Crippen molar-refractivity contribution < 1.29 is 40.2 Å². The van der Waals surface area contributed by atoms with E-state index in [9.17, 15) is 26.3 Å². The molecule has 0 saturated heterocycles. The molecule has 0 bridgehead atoms. The number of halogens is 6. The second kappa shape index (κ2) is 11.8. The van der Waals surface area contributed by atoms with Crippen LogP contribution in [0.15, 0.2) is 82.2 Å². The fourth-order valence-corrected chi connectivity index (χ4v) is 5.11. The summed E-state index contributed by atoms with van der Waals surface area (Å²) in [6.07, 6.45) is -8.61. The summed E-state index contributed by atoms with van der Waals surface area (Å²) in [5, 5.41) is 0. The van der Waals surface area contributed by atoms with Crippen molar-refractivity contribution >= 4 is 11.8 Å². The van der Waals surface area contributed by atoms with E-state index in [1.54, 1.807) is 32.2 Å². The van der Waals surface area contributed by atoms with Crippen LogP contribution in [-0.2, 0) is 10.9 Å². The minimum absolute atomic E-state index is 0.0923. The normalized spacial score (nSPS) is 12.1. The number of methoxy groups -OCH3 is 1. The number of imidazole rings is 1. The minimum atomic E-state index is -4.86. The zero-order chi connectivity index (χ0) is 30.9. The molecule has 6 nitrogen and oxygen atoms in total. The molecular formula is C30H23F6N3O3S. The molecule has 5 rings (SSSR count). The van der Waals surface area contributed by atoms with Crippen molar-refractivity contribution in [3.8, 4) is 45.1 Å². The Labute approximate surface area is 246 Å². The SMILES string of the molecule is COCSc1cccc(-c2ccc(-n3cc(C(F)(F)F)nc3C)c(-c3nc(C)oc3-c3ccc(OC(F)(F)F)cc3)c2)c1. The Morgan fingerprint density at radius 2 is 1.56 bits per heavy atom. The van der Waals surface area contributed by atoms with Gasteiger partial charge in [-0.1, -0.05) is 30.0 Å². The lowest BCUT2D eigenvalue weighted by atomic mass is 9.98. The summed E-state index contributed by atoms with van der Waals surface area (Å²) in [6.45, 7) is 3.05. The highest BCUT2D eigenvalue weighted by molar-refractivity contribution is 7.99. The Morgan fingerprint density at radius 3 is 2.21 bits per heavy atom. The van der Waals surface area contributed by atoms with Gasteiger partial charge in [0, 0.05) is 36.3 Å². The number of rotatable bonds is 8. The van der Waals surface area contributed by atoms with Crippen LogP contribution in [0.3, 0.4) is 0 Å². The van der Waals surface area contributed by atoms with E-state index >= 15 is 0 Å². The van der Waals surface area contributed by atoms with Crippen molar-refractivity contribution in [1.82, 2.24) is 14.5 Å². The van der Waals surface area contributed by atoms with Crippen molar-refractivity contribution in [2.45, 2.75) is 31.3 Å². The van der Waals surface area contributed by atoms with Crippen LogP contribution in [-0.4, -0.2) is 33.9 Å². The highest BCUT2D eigenvalue weighted by atomic mass is 32.2. The predicted molar refractivity (Wildman–Crippen MR) is 149 cm³/mol. The van der Waals surface area contributed by atoms with Crippen LogP contribution in [0.1, 0.15) is 17.4 Å². The largest absolute Gasteiger partial charge is 0.573 e. The van der Waals surface area contributed by atoms with Gasteiger partial charge in [-0.15, -0.1) is 13.2 Å². The molecule has 0 aliphatic carbocycles. The first-order chi connectivity index (χ1) is 20.3. The number of alkyl halides is 6. The van der Waals surface area contributed by atoms with Crippen LogP contribution in [0.5, 0.6) is 5.75 Å². The lowest BCUT2D eigenvalue weighted by molar-refractivity contribution is -0.274. The van der Waals surface area contributed by atoms with Crippen LogP contribution in [0, 0.1) is 13.8 Å². The number of oxazole rings is 1. The molecule has 2 aromatic heterocycles. The summed E-state index contributed by atoms with van der Waals surface area (Å²) in [5.41, 5.74) is 1.96. The third-order valence-electron chi connectivity index (χ3n) is 6.28. The number of benzene rings is 3. The van der Waals surface area contributed by atoms with Crippen LogP contribution in [0.25, 0.3) is 39.4 Å². The number of aromatic nitrogens is 3. The quantitative estimate of drug-likeness (QED) is 0.0981. The van der Waals surface area contributed by atoms with Gasteiger partial charge >= 0.3 is 12.5 Å². The fraction of sp³-hybridized carbons (Fsp3) is 0.200. The molecule has 0 spiro atoms. The van der Waals surface area contributed by atoms with Gasteiger partial charge in [0.05, 0.1) is 11.6 Å². The first-order valence-electron chi connectivity index (χ1n) is 12.7. The highest BCUT2D eigenvalue weighted by Gasteiger charge is 2.35. The van der Waals surface area contributed by atoms with E-state index in [4.69, 9.17) is 9.15 Å². The van der Waals surface area contributed by atoms with Crippen LogP contribution in [0.2, 0.25) is 0 Å². The maximum Gasteiger partial charge on any atom is 0.573 e. The van der Waals surface area contributed by atoms with E-state index in [1.165, 1.54) is 35.4 Å². The number of hydrogen-bond donors (Lipinski definition) is 0. The molecule has 13 heteroatoms. The molecule has 0 radical (unpaired) electrons. The zero-order valence-corrected chi connectivity index (χ0v) is 23.7. The second-order valence-corrected chi connectivity index (χ2v) is 10.3. The molecule has 0 N–H and O–H groups in total. The van der Waals surface area contributed by atoms with Gasteiger partial charge in [0.15, 0.2) is 17.3 Å². The summed E-state index contributed by atoms with van der Waals surface area (Å²) in [6, 6.07) is 17.9. The number of thioether (sulfide) groups is 1. The van der Waals surface area contributed by atoms with E-state index < -0.39 is 24.0 Å². The molecule has 0 fully saturated rings. The molecule has 43 heavy (non-hydrogen) atoms. The van der Waals surface area contributed by atoms with E-state index in [0.717, 1.165) is 34.4 Å². The maximum absolute atomic E-state index is 13.6. The summed E-state index contributed by atoms with van der Waals surface area (Å²) < 4.78 is 95.1. The lowest BCUT2D eigenvalue weighted by Crippen LogP contribution is -2.16. The monoisotopic (exact) mass is 619 g/mol. The smallest absolute Gasteiger partial charge is 0.440 e. The van der Waals surface area contributed by atoms with Crippen molar-refractivity contribution in [3.05, 3.63) is 90.3 Å². The van der Waals surface area contributed by atoms with Crippen molar-refractivity contribution in [2.75, 3.05) is 13.0 Å². The van der Waals surface area contributed by atoms with Crippen molar-refractivity contribution in [2.24, 2.45) is 0 Å². The van der Waals surface area contributed by atoms with Gasteiger partial charge in [-0.25, -0.2) is 9.97 Å². The molecule has 224 valence electrons. The molecule has 0 atom stereocenters. The molecule has 0 saturated carbocycles. The zero-order valence-electron chi connectivity index (χ0n) is 22.9. The Balaban J connectivity index is 1.68. The first kappa shape index (κ1) is 30.2. The number of hydrogen-bond acceptors (Lipinski definition) is 6. The molecule has 0 aliphatic rings. The van der Waals surface area contributed by atoms with E-state index in [2.05, 4.69) is 14.7 Å². The van der Waals surface area contributed by atoms with Crippen LogP contribution >= 0.6 is 11.8 Å². The lowest BCUT2D eigenvalue weighted by Gasteiger charge is -2.14. The summed E-state index contributed by atoms with van der Waals surface area (Å²) in [5.74, 6) is 0.580. The Hall–Kier alpha value is -4.23. The van der Waals surface area contributed by atoms with Gasteiger partial charge < -0.3 is 18.5 Å². The molecule has 5 aromatic rings. The van der Waals surface area contributed by atoms with E-state index in [-0.39, 0.29) is 23.2 Å². The molecule has 0 unspecified atom stereocenters.